The lowest BCUT2D eigenvalue weighted by molar-refractivity contribution is 0.0389. The Morgan fingerprint density at radius 1 is 1.15 bits per heavy atom. The fourth-order valence-corrected chi connectivity index (χ4v) is 7.16. The van der Waals surface area contributed by atoms with E-state index in [9.17, 15) is 13.2 Å². The van der Waals surface area contributed by atoms with Crippen LogP contribution >= 0.6 is 11.6 Å². The zero-order valence-electron chi connectivity index (χ0n) is 21.9. The molecule has 2 aliphatic rings. The van der Waals surface area contributed by atoms with Gasteiger partial charge in [-0.3, -0.25) is 4.90 Å². The molecule has 1 N–H and O–H groups in total. The molecule has 0 radical (unpaired) electrons. The summed E-state index contributed by atoms with van der Waals surface area (Å²) < 4.78 is 55.4. The van der Waals surface area contributed by atoms with E-state index in [1.54, 1.807) is 19.9 Å². The van der Waals surface area contributed by atoms with Crippen LogP contribution in [0.2, 0.25) is 5.15 Å². The molecule has 0 bridgehead atoms. The van der Waals surface area contributed by atoms with Gasteiger partial charge in [-0.25, -0.2) is 27.7 Å². The number of benzene rings is 1. The number of hydrogen-bond donors (Lipinski definition) is 1. The lowest BCUT2D eigenvalue weighted by Crippen LogP contribution is -2.51. The van der Waals surface area contributed by atoms with Crippen LogP contribution < -0.4 is 10.7 Å². The Balaban J connectivity index is 1.61. The molecule has 2 aliphatic heterocycles. The maximum Gasteiger partial charge on any atom is 0.434 e. The van der Waals surface area contributed by atoms with Gasteiger partial charge in [-0.15, -0.1) is 5.10 Å². The molecule has 14 heteroatoms. The van der Waals surface area contributed by atoms with E-state index < -0.39 is 33.6 Å². The first kappa shape index (κ1) is 27.7. The molecule has 39 heavy (non-hydrogen) atoms. The molecule has 4 heterocycles. The largest absolute Gasteiger partial charge is 0.434 e. The molecular weight excluding hydrogens is 551 g/mol. The number of pyridine rings is 1. The fourth-order valence-electron chi connectivity index (χ4n) is 5.25. The van der Waals surface area contributed by atoms with Crippen LogP contribution in [0.5, 0.6) is 0 Å². The van der Waals surface area contributed by atoms with Crippen molar-refractivity contribution in [3.8, 4) is 0 Å². The summed E-state index contributed by atoms with van der Waals surface area (Å²) in [4.78, 5) is 20.3. The zero-order valence-corrected chi connectivity index (χ0v) is 23.4. The minimum absolute atomic E-state index is 0.0448. The third-order valence-electron chi connectivity index (χ3n) is 7.47. The molecule has 0 unspecified atom stereocenters. The quantitative estimate of drug-likeness (QED) is 0.420. The molecule has 11 nitrogen and oxygen atoms in total. The minimum atomic E-state index is -4.20. The smallest absolute Gasteiger partial charge is 0.391 e. The number of H-pyrrole nitrogens is 1. The Bertz CT molecular complexity index is 1520. The molecule has 2 aromatic heterocycles. The van der Waals surface area contributed by atoms with Crippen LogP contribution in [0.15, 0.2) is 38.4 Å². The van der Waals surface area contributed by atoms with Gasteiger partial charge in [-0.05, 0) is 48.7 Å². The second-order valence-electron chi connectivity index (χ2n) is 9.79. The Labute approximate surface area is 230 Å². The monoisotopic (exact) mass is 580 g/mol. The summed E-state index contributed by atoms with van der Waals surface area (Å²) in [5, 5.41) is 6.37. The van der Waals surface area contributed by atoms with Gasteiger partial charge < -0.3 is 14.1 Å². The summed E-state index contributed by atoms with van der Waals surface area (Å²) in [5.41, 5.74) is 1.84. The number of morpholine rings is 1. The van der Waals surface area contributed by atoms with Gasteiger partial charge in [0.25, 0.3) is 0 Å². The summed E-state index contributed by atoms with van der Waals surface area (Å²) in [7, 11) is -4.20. The normalized spacial score (nSPS) is 19.6. The van der Waals surface area contributed by atoms with E-state index >= 15 is 4.39 Å². The predicted octanol–water partition coefficient (Wildman–Crippen LogP) is 2.81. The zero-order chi connectivity index (χ0) is 27.9. The predicted molar refractivity (Wildman–Crippen MR) is 142 cm³/mol. The van der Waals surface area contributed by atoms with E-state index in [1.165, 1.54) is 22.5 Å². The van der Waals surface area contributed by atoms with Crippen molar-refractivity contribution in [3.63, 3.8) is 0 Å². The maximum atomic E-state index is 15.3. The van der Waals surface area contributed by atoms with E-state index in [-0.39, 0.29) is 28.4 Å². The van der Waals surface area contributed by atoms with Crippen molar-refractivity contribution in [2.24, 2.45) is 0 Å². The van der Waals surface area contributed by atoms with Crippen molar-refractivity contribution in [2.75, 3.05) is 51.0 Å². The number of sulfonamides is 1. The van der Waals surface area contributed by atoms with E-state index in [2.05, 4.69) is 20.1 Å². The highest BCUT2D eigenvalue weighted by Gasteiger charge is 2.46. The maximum absolute atomic E-state index is 15.3. The van der Waals surface area contributed by atoms with Crippen molar-refractivity contribution in [3.05, 3.63) is 68.4 Å². The van der Waals surface area contributed by atoms with Crippen LogP contribution in [0.1, 0.15) is 41.5 Å². The van der Waals surface area contributed by atoms with Gasteiger partial charge in [0.15, 0.2) is 5.82 Å². The molecule has 0 aliphatic carbocycles. The van der Waals surface area contributed by atoms with E-state index in [4.69, 9.17) is 20.8 Å². The van der Waals surface area contributed by atoms with Gasteiger partial charge in [0.2, 0.25) is 15.9 Å². The molecule has 3 aromatic rings. The summed E-state index contributed by atoms with van der Waals surface area (Å²) in [6.45, 7) is 9.04. The number of nitrogens with one attached hydrogen (secondary N) is 1. The number of nitrogens with zero attached hydrogens (tertiary/aromatic N) is 5. The molecule has 1 saturated heterocycles. The van der Waals surface area contributed by atoms with Crippen LogP contribution in [0.25, 0.3) is 0 Å². The van der Waals surface area contributed by atoms with Crippen molar-refractivity contribution in [1.82, 2.24) is 24.4 Å². The number of aromatic nitrogens is 3. The Morgan fingerprint density at radius 3 is 2.59 bits per heavy atom. The SMILES string of the molecule is Cc1ccc(F)c([C@@H](C)[C@@H](c2n[nH]c(=O)o2)N2CN(CCN3CCOCC3)c3nc(Cl)ccc3S2(=O)=O)c1C. The summed E-state index contributed by atoms with van der Waals surface area (Å²) in [6, 6.07) is 4.71. The number of ether oxygens (including phenoxy) is 1. The summed E-state index contributed by atoms with van der Waals surface area (Å²) in [5.74, 6) is -2.01. The number of hydrogen-bond acceptors (Lipinski definition) is 9. The van der Waals surface area contributed by atoms with Crippen LogP contribution in [0, 0.1) is 19.7 Å². The topological polar surface area (TPSA) is 125 Å². The van der Waals surface area contributed by atoms with Gasteiger partial charge in [0, 0.05) is 32.1 Å². The van der Waals surface area contributed by atoms with Gasteiger partial charge >= 0.3 is 5.76 Å². The molecule has 5 rings (SSSR count). The van der Waals surface area contributed by atoms with Gasteiger partial charge in [0.1, 0.15) is 21.9 Å². The summed E-state index contributed by atoms with van der Waals surface area (Å²) in [6.07, 6.45) is 0. The van der Waals surface area contributed by atoms with E-state index in [0.29, 0.717) is 37.4 Å². The second-order valence-corrected chi connectivity index (χ2v) is 12.0. The number of anilines is 1. The Kier molecular flexibility index (Phi) is 7.80. The lowest BCUT2D eigenvalue weighted by Gasteiger charge is -2.42. The Morgan fingerprint density at radius 2 is 1.90 bits per heavy atom. The average Bonchev–Trinajstić information content (AvgIpc) is 3.33. The van der Waals surface area contributed by atoms with Crippen LogP contribution in [0.4, 0.5) is 10.2 Å². The van der Waals surface area contributed by atoms with E-state index in [0.717, 1.165) is 18.7 Å². The third-order valence-corrected chi connectivity index (χ3v) is 9.52. The minimum Gasteiger partial charge on any atom is -0.391 e. The van der Waals surface area contributed by atoms with Crippen LogP contribution in [-0.4, -0.2) is 78.9 Å². The first-order valence-electron chi connectivity index (χ1n) is 12.6. The molecule has 1 fully saturated rings. The van der Waals surface area contributed by atoms with Gasteiger partial charge in [-0.1, -0.05) is 24.6 Å². The molecule has 1 aromatic carbocycles. The molecule has 0 saturated carbocycles. The fraction of sp³-hybridized carbons (Fsp3) is 0.480. The molecule has 0 amide bonds. The summed E-state index contributed by atoms with van der Waals surface area (Å²) >= 11 is 6.18. The average molecular weight is 581 g/mol. The van der Waals surface area contributed by atoms with Crippen molar-refractivity contribution in [2.45, 2.75) is 37.6 Å². The van der Waals surface area contributed by atoms with Crippen molar-refractivity contribution < 1.29 is 22.0 Å². The highest BCUT2D eigenvalue weighted by Crippen LogP contribution is 2.44. The molecule has 0 spiro atoms. The highest BCUT2D eigenvalue weighted by atomic mass is 35.5. The van der Waals surface area contributed by atoms with Crippen molar-refractivity contribution >= 4 is 27.4 Å². The van der Waals surface area contributed by atoms with Gasteiger partial charge in [-0.2, -0.15) is 4.31 Å². The third kappa shape index (κ3) is 5.33. The number of halogens is 2. The van der Waals surface area contributed by atoms with E-state index in [1.807, 2.05) is 11.8 Å². The number of fused-ring (bicyclic) bond motifs is 1. The first-order valence-corrected chi connectivity index (χ1v) is 14.4. The van der Waals surface area contributed by atoms with Crippen LogP contribution in [0.3, 0.4) is 0 Å². The van der Waals surface area contributed by atoms with Crippen molar-refractivity contribution in [1.29, 1.82) is 0 Å². The Hall–Kier alpha value is -2.84. The number of aryl methyl sites for hydroxylation is 1. The van der Waals surface area contributed by atoms with Crippen LogP contribution in [-0.2, 0) is 14.8 Å². The number of aromatic amines is 1. The number of rotatable bonds is 7. The molecular formula is C25H30ClFN6O5S. The van der Waals surface area contributed by atoms with Gasteiger partial charge in [0.05, 0.1) is 19.9 Å². The molecule has 210 valence electrons. The molecule has 2 atom stereocenters. The first-order chi connectivity index (χ1) is 18.6. The highest BCUT2D eigenvalue weighted by molar-refractivity contribution is 7.89. The second kappa shape index (κ2) is 11.0. The lowest BCUT2D eigenvalue weighted by atomic mass is 9.87. The standard InChI is InChI=1S/C25H30ClFN6O5S/c1-15-4-5-18(27)21(16(15)2)17(3)22(24-29-30-25(34)38-24)33-14-32(9-8-31-10-12-37-13-11-31)23-19(39(33,35)36)6-7-20(26)28-23/h4-7,17,22H,8-14H2,1-3H3,(H,30,34)/t17-,22+/m1/s1.